The molecule has 3 heteroatoms. The third-order valence-electron chi connectivity index (χ3n) is 4.22. The molecule has 0 spiro atoms. The second-order valence-electron chi connectivity index (χ2n) is 5.63. The molecule has 0 saturated carbocycles. The van der Waals surface area contributed by atoms with E-state index in [1.165, 1.54) is 32.1 Å². The predicted octanol–water partition coefficient (Wildman–Crippen LogP) is 3.14. The van der Waals surface area contributed by atoms with E-state index in [4.69, 9.17) is 0 Å². The molecular formula is C14H27NO2. The first-order valence-corrected chi connectivity index (χ1v) is 7.01. The van der Waals surface area contributed by atoms with Gasteiger partial charge in [-0.1, -0.05) is 26.7 Å². The lowest BCUT2D eigenvalue weighted by atomic mass is 9.85. The number of likely N-dealkylation sites (tertiary alicyclic amines) is 1. The van der Waals surface area contributed by atoms with E-state index in [0.29, 0.717) is 19.0 Å². The van der Waals surface area contributed by atoms with Crippen molar-refractivity contribution in [3.05, 3.63) is 0 Å². The maximum atomic E-state index is 11.4. The lowest BCUT2D eigenvalue weighted by Crippen LogP contribution is -2.47. The molecule has 0 radical (unpaired) electrons. The summed E-state index contributed by atoms with van der Waals surface area (Å²) >= 11 is 0. The number of carboxylic acids is 1. The molecule has 1 aliphatic heterocycles. The zero-order chi connectivity index (χ0) is 12.9. The molecule has 1 N–H and O–H groups in total. The highest BCUT2D eigenvalue weighted by atomic mass is 16.4. The van der Waals surface area contributed by atoms with E-state index in [1.807, 2.05) is 13.8 Å². The molecule has 1 saturated heterocycles. The van der Waals surface area contributed by atoms with Crippen LogP contribution in [0.15, 0.2) is 0 Å². The molecule has 2 atom stereocenters. The van der Waals surface area contributed by atoms with Crippen molar-refractivity contribution in [2.45, 2.75) is 65.3 Å². The van der Waals surface area contributed by atoms with Gasteiger partial charge in [0.05, 0.1) is 5.41 Å². The molecule has 1 rings (SSSR count). The van der Waals surface area contributed by atoms with E-state index < -0.39 is 11.4 Å². The quantitative estimate of drug-likeness (QED) is 0.776. The Bertz CT molecular complexity index is 253. The van der Waals surface area contributed by atoms with Crippen molar-refractivity contribution in [1.29, 1.82) is 0 Å². The molecule has 0 bridgehead atoms. The Balaban J connectivity index is 2.65. The maximum absolute atomic E-state index is 11.4. The standard InChI is InChI=1S/C14H27NO2/c1-4-8-12-9-6-7-10-15(12)11-14(3,5-2)13(16)17/h12H,4-11H2,1-3H3,(H,16,17). The molecule has 3 nitrogen and oxygen atoms in total. The van der Waals surface area contributed by atoms with Gasteiger partial charge in [-0.15, -0.1) is 0 Å². The molecular weight excluding hydrogens is 214 g/mol. The van der Waals surface area contributed by atoms with Crippen LogP contribution in [0.4, 0.5) is 0 Å². The number of hydrogen-bond donors (Lipinski definition) is 1. The van der Waals surface area contributed by atoms with Crippen molar-refractivity contribution in [1.82, 2.24) is 4.90 Å². The van der Waals surface area contributed by atoms with Gasteiger partial charge in [0, 0.05) is 12.6 Å². The summed E-state index contributed by atoms with van der Waals surface area (Å²) in [7, 11) is 0. The molecule has 0 aromatic carbocycles. The molecule has 1 aliphatic rings. The third-order valence-corrected chi connectivity index (χ3v) is 4.22. The summed E-state index contributed by atoms with van der Waals surface area (Å²) < 4.78 is 0. The Hall–Kier alpha value is -0.570. The fourth-order valence-corrected chi connectivity index (χ4v) is 2.71. The van der Waals surface area contributed by atoms with E-state index in [2.05, 4.69) is 11.8 Å². The number of aliphatic carboxylic acids is 1. The highest BCUT2D eigenvalue weighted by Gasteiger charge is 2.35. The number of rotatable bonds is 6. The van der Waals surface area contributed by atoms with Gasteiger partial charge in [-0.25, -0.2) is 0 Å². The monoisotopic (exact) mass is 241 g/mol. The largest absolute Gasteiger partial charge is 0.481 e. The van der Waals surface area contributed by atoms with Gasteiger partial charge in [-0.05, 0) is 39.2 Å². The van der Waals surface area contributed by atoms with Gasteiger partial charge in [0.1, 0.15) is 0 Å². The maximum Gasteiger partial charge on any atom is 0.310 e. The number of nitrogens with zero attached hydrogens (tertiary/aromatic N) is 1. The van der Waals surface area contributed by atoms with Crippen LogP contribution in [-0.2, 0) is 4.79 Å². The van der Waals surface area contributed by atoms with Gasteiger partial charge in [0.25, 0.3) is 0 Å². The lowest BCUT2D eigenvalue weighted by molar-refractivity contribution is -0.150. The fourth-order valence-electron chi connectivity index (χ4n) is 2.71. The van der Waals surface area contributed by atoms with Crippen LogP contribution in [0.25, 0.3) is 0 Å². The second kappa shape index (κ2) is 6.39. The van der Waals surface area contributed by atoms with Crippen LogP contribution in [-0.4, -0.2) is 35.1 Å². The van der Waals surface area contributed by atoms with Crippen molar-refractivity contribution >= 4 is 5.97 Å². The Kier molecular flexibility index (Phi) is 5.44. The lowest BCUT2D eigenvalue weighted by Gasteiger charge is -2.40. The summed E-state index contributed by atoms with van der Waals surface area (Å²) in [5, 5.41) is 9.35. The van der Waals surface area contributed by atoms with Crippen molar-refractivity contribution in [2.24, 2.45) is 5.41 Å². The van der Waals surface area contributed by atoms with E-state index >= 15 is 0 Å². The van der Waals surface area contributed by atoms with Crippen LogP contribution in [0.2, 0.25) is 0 Å². The van der Waals surface area contributed by atoms with Crippen molar-refractivity contribution in [3.63, 3.8) is 0 Å². The van der Waals surface area contributed by atoms with Crippen molar-refractivity contribution in [2.75, 3.05) is 13.1 Å². The first-order chi connectivity index (χ1) is 8.03. The SMILES string of the molecule is CCCC1CCCCN1CC(C)(CC)C(=O)O. The minimum atomic E-state index is -0.652. The van der Waals surface area contributed by atoms with E-state index in [0.717, 1.165) is 6.54 Å². The summed E-state index contributed by atoms with van der Waals surface area (Å²) in [6.45, 7) is 7.86. The minimum Gasteiger partial charge on any atom is -0.481 e. The summed E-state index contributed by atoms with van der Waals surface area (Å²) in [5.74, 6) is -0.652. The normalized spacial score (nSPS) is 25.5. The number of hydrogen-bond acceptors (Lipinski definition) is 2. The summed E-state index contributed by atoms with van der Waals surface area (Å²) in [5.41, 5.74) is -0.580. The molecule has 0 aromatic rings. The summed E-state index contributed by atoms with van der Waals surface area (Å²) in [4.78, 5) is 13.8. The molecule has 17 heavy (non-hydrogen) atoms. The zero-order valence-corrected chi connectivity index (χ0v) is 11.5. The predicted molar refractivity (Wildman–Crippen MR) is 70.2 cm³/mol. The van der Waals surface area contributed by atoms with Crippen molar-refractivity contribution < 1.29 is 9.90 Å². The number of carboxylic acid groups (broad SMARTS) is 1. The second-order valence-corrected chi connectivity index (χ2v) is 5.63. The molecule has 1 heterocycles. The Morgan fingerprint density at radius 1 is 1.41 bits per heavy atom. The average Bonchev–Trinajstić information content (AvgIpc) is 2.31. The highest BCUT2D eigenvalue weighted by Crippen LogP contribution is 2.28. The smallest absolute Gasteiger partial charge is 0.310 e. The minimum absolute atomic E-state index is 0.580. The highest BCUT2D eigenvalue weighted by molar-refractivity contribution is 5.74. The summed E-state index contributed by atoms with van der Waals surface area (Å²) in [6.07, 6.45) is 6.87. The fraction of sp³-hybridized carbons (Fsp3) is 0.929. The van der Waals surface area contributed by atoms with Crippen LogP contribution in [0, 0.1) is 5.41 Å². The Morgan fingerprint density at radius 2 is 2.12 bits per heavy atom. The van der Waals surface area contributed by atoms with E-state index in [1.54, 1.807) is 0 Å². The van der Waals surface area contributed by atoms with Crippen LogP contribution >= 0.6 is 0 Å². The van der Waals surface area contributed by atoms with Crippen LogP contribution in [0.1, 0.15) is 59.3 Å². The van der Waals surface area contributed by atoms with Gasteiger partial charge < -0.3 is 5.11 Å². The Labute approximate surface area is 105 Å². The van der Waals surface area contributed by atoms with Crippen molar-refractivity contribution in [3.8, 4) is 0 Å². The molecule has 1 fully saturated rings. The Morgan fingerprint density at radius 3 is 2.65 bits per heavy atom. The van der Waals surface area contributed by atoms with Crippen LogP contribution < -0.4 is 0 Å². The topological polar surface area (TPSA) is 40.5 Å². The first-order valence-electron chi connectivity index (χ1n) is 7.01. The van der Waals surface area contributed by atoms with E-state index in [9.17, 15) is 9.90 Å². The summed E-state index contributed by atoms with van der Waals surface area (Å²) in [6, 6.07) is 0.610. The first kappa shape index (κ1) is 14.5. The van der Waals surface area contributed by atoms with Gasteiger partial charge in [0.2, 0.25) is 0 Å². The van der Waals surface area contributed by atoms with Gasteiger partial charge in [-0.2, -0.15) is 0 Å². The third kappa shape index (κ3) is 3.70. The average molecular weight is 241 g/mol. The molecule has 100 valence electrons. The molecule has 0 amide bonds. The molecule has 0 aliphatic carbocycles. The van der Waals surface area contributed by atoms with Gasteiger partial charge in [0.15, 0.2) is 0 Å². The van der Waals surface area contributed by atoms with Crippen LogP contribution in [0.3, 0.4) is 0 Å². The van der Waals surface area contributed by atoms with Crippen LogP contribution in [0.5, 0.6) is 0 Å². The number of carbonyl (C=O) groups is 1. The van der Waals surface area contributed by atoms with Gasteiger partial charge >= 0.3 is 5.97 Å². The molecule has 0 aromatic heterocycles. The molecule has 2 unspecified atom stereocenters. The zero-order valence-electron chi connectivity index (χ0n) is 11.5. The van der Waals surface area contributed by atoms with E-state index in [-0.39, 0.29) is 0 Å². The van der Waals surface area contributed by atoms with Gasteiger partial charge in [-0.3, -0.25) is 9.69 Å². The number of piperidine rings is 1.